The lowest BCUT2D eigenvalue weighted by Crippen LogP contribution is -2.63. The average molecular weight is 705 g/mol. The summed E-state index contributed by atoms with van der Waals surface area (Å²) in [5.74, 6) is -9.16. The van der Waals surface area contributed by atoms with Gasteiger partial charge in [0.15, 0.2) is 0 Å². The summed E-state index contributed by atoms with van der Waals surface area (Å²) in [4.78, 5) is 106. The number of aliphatic carboxylic acids is 2. The summed E-state index contributed by atoms with van der Waals surface area (Å²) < 4.78 is 0. The molecule has 0 aromatic heterocycles. The summed E-state index contributed by atoms with van der Waals surface area (Å²) in [5, 5.41) is 51.1. The lowest BCUT2D eigenvalue weighted by Gasteiger charge is -2.32. The molecule has 1 aromatic carbocycles. The van der Waals surface area contributed by atoms with E-state index in [1.165, 1.54) is 36.1 Å². The number of carboxylic acids is 2. The summed E-state index contributed by atoms with van der Waals surface area (Å²) in [6.45, 7) is 4.63. The molecule has 18 nitrogen and oxygen atoms in total. The molecule has 2 heterocycles. The number of nitrogens with one attached hydrogen (secondary N) is 5. The van der Waals surface area contributed by atoms with Crippen molar-refractivity contribution in [1.29, 1.82) is 0 Å². The number of carbonyl (C=O) groups is 8. The van der Waals surface area contributed by atoms with E-state index in [9.17, 15) is 58.8 Å². The van der Waals surface area contributed by atoms with Crippen molar-refractivity contribution in [2.45, 2.75) is 102 Å². The number of carboxylic acid groups (broad SMARTS) is 2. The van der Waals surface area contributed by atoms with Crippen molar-refractivity contribution in [3.63, 3.8) is 0 Å². The second-order valence-corrected chi connectivity index (χ2v) is 12.9. The van der Waals surface area contributed by atoms with E-state index in [1.54, 1.807) is 13.8 Å². The number of aliphatic hydroxyl groups excluding tert-OH is 1. The molecule has 7 atom stereocenters. The number of nitrogens with zero attached hydrogens (tertiary/aromatic N) is 1. The van der Waals surface area contributed by atoms with E-state index in [-0.39, 0.29) is 37.5 Å². The molecule has 0 aliphatic carbocycles. The van der Waals surface area contributed by atoms with Crippen molar-refractivity contribution in [2.24, 2.45) is 5.92 Å². The average Bonchev–Trinajstić information content (AvgIpc) is 3.52. The monoisotopic (exact) mass is 704 g/mol. The molecule has 0 radical (unpaired) electrons. The zero-order valence-corrected chi connectivity index (χ0v) is 27.9. The number of benzene rings is 1. The normalized spacial score (nSPS) is 26.4. The van der Waals surface area contributed by atoms with Crippen molar-refractivity contribution in [3.05, 3.63) is 29.8 Å². The van der Waals surface area contributed by atoms with Crippen molar-refractivity contribution in [2.75, 3.05) is 6.54 Å². The SMILES string of the molecule is CC(C)C[C@@H]1NC(=O)[C@H](CC(=O)O)NC(=O)[C@H]2CCCN2C(=O)[C@H](Cc2ccc(O)cc2)NC(=O)[C@H]([C@@H](C)O)NC(=O)[C@H](CC(=O)O)NC1=O. The van der Waals surface area contributed by atoms with Crippen LogP contribution in [0.4, 0.5) is 0 Å². The molecular formula is C32H44N6O12. The summed E-state index contributed by atoms with van der Waals surface area (Å²) in [7, 11) is 0. The van der Waals surface area contributed by atoms with Crippen molar-refractivity contribution in [3.8, 4) is 5.75 Å². The number of hydrogen-bond donors (Lipinski definition) is 9. The van der Waals surface area contributed by atoms with Gasteiger partial charge in [-0.15, -0.1) is 0 Å². The number of phenolic OH excluding ortho intramolecular Hbond substituents is 1. The van der Waals surface area contributed by atoms with Gasteiger partial charge in [-0.1, -0.05) is 26.0 Å². The van der Waals surface area contributed by atoms with Crippen LogP contribution < -0.4 is 26.6 Å². The van der Waals surface area contributed by atoms with Crippen molar-refractivity contribution < 1.29 is 58.8 Å². The van der Waals surface area contributed by atoms with Gasteiger partial charge in [-0.25, -0.2) is 0 Å². The molecular weight excluding hydrogens is 660 g/mol. The highest BCUT2D eigenvalue weighted by Gasteiger charge is 2.41. The molecule has 0 saturated carbocycles. The number of aromatic hydroxyl groups is 1. The highest BCUT2D eigenvalue weighted by molar-refractivity contribution is 5.99. The molecule has 2 aliphatic heterocycles. The molecule has 18 heteroatoms. The maximum absolute atomic E-state index is 14.0. The summed E-state index contributed by atoms with van der Waals surface area (Å²) in [5.41, 5.74) is 0.472. The third-order valence-corrected chi connectivity index (χ3v) is 8.26. The first-order valence-electron chi connectivity index (χ1n) is 16.2. The molecule has 0 bridgehead atoms. The predicted octanol–water partition coefficient (Wildman–Crippen LogP) is -2.26. The van der Waals surface area contributed by atoms with Gasteiger partial charge in [-0.2, -0.15) is 0 Å². The zero-order chi connectivity index (χ0) is 37.3. The maximum atomic E-state index is 14.0. The molecule has 0 spiro atoms. The van der Waals surface area contributed by atoms with E-state index in [2.05, 4.69) is 26.6 Å². The Morgan fingerprint density at radius 3 is 1.78 bits per heavy atom. The third-order valence-electron chi connectivity index (χ3n) is 8.26. The molecule has 50 heavy (non-hydrogen) atoms. The Labute approximate surface area is 287 Å². The quantitative estimate of drug-likeness (QED) is 0.132. The molecule has 0 unspecified atom stereocenters. The standard InChI is InChI=1S/C32H44N6O12/c1-15(2)11-19-27(45)34-21(14-25(43)44)29(47)37-26(16(3)39)31(49)36-22(12-17-6-8-18(40)9-7-17)32(50)38-10-4-5-23(38)30(48)35-20(13-24(41)42)28(46)33-19/h6-9,15-16,19-23,26,39-40H,4-5,10-14H2,1-3H3,(H,33,46)(H,34,45)(H,35,48)(H,36,49)(H,37,47)(H,41,42)(H,43,44)/t16-,19+,20+,21+,22+,23-,26+/m1/s1. The largest absolute Gasteiger partial charge is 0.508 e. The first-order valence-corrected chi connectivity index (χ1v) is 16.2. The Hall–Kier alpha value is -5.26. The maximum Gasteiger partial charge on any atom is 0.305 e. The van der Waals surface area contributed by atoms with Gasteiger partial charge in [0.2, 0.25) is 35.4 Å². The number of fused-ring (bicyclic) bond motifs is 1. The number of aliphatic hydroxyl groups is 1. The van der Waals surface area contributed by atoms with Crippen LogP contribution in [0.5, 0.6) is 5.75 Å². The molecule has 2 saturated heterocycles. The Morgan fingerprint density at radius 2 is 1.24 bits per heavy atom. The van der Waals surface area contributed by atoms with Gasteiger partial charge in [-0.3, -0.25) is 38.4 Å². The van der Waals surface area contributed by atoms with Gasteiger partial charge < -0.3 is 51.9 Å². The van der Waals surface area contributed by atoms with E-state index in [0.29, 0.717) is 12.0 Å². The highest BCUT2D eigenvalue weighted by Crippen LogP contribution is 2.21. The number of carbonyl (C=O) groups excluding carboxylic acids is 6. The van der Waals surface area contributed by atoms with Gasteiger partial charge in [-0.05, 0) is 49.8 Å². The lowest BCUT2D eigenvalue weighted by atomic mass is 10.0. The topological polar surface area (TPSA) is 281 Å². The number of rotatable bonds is 9. The zero-order valence-electron chi connectivity index (χ0n) is 27.9. The first kappa shape index (κ1) is 39.2. The Bertz CT molecular complexity index is 1470. The van der Waals surface area contributed by atoms with E-state index in [0.717, 1.165) is 0 Å². The summed E-state index contributed by atoms with van der Waals surface area (Å²) in [6, 6.07) is -3.57. The van der Waals surface area contributed by atoms with Gasteiger partial charge in [0.1, 0.15) is 42.0 Å². The van der Waals surface area contributed by atoms with E-state index in [1.807, 2.05) is 0 Å². The van der Waals surface area contributed by atoms with Crippen LogP contribution in [0.2, 0.25) is 0 Å². The second-order valence-electron chi connectivity index (χ2n) is 12.9. The first-order chi connectivity index (χ1) is 23.5. The molecule has 3 rings (SSSR count). The summed E-state index contributed by atoms with van der Waals surface area (Å²) >= 11 is 0. The Morgan fingerprint density at radius 1 is 0.740 bits per heavy atom. The second kappa shape index (κ2) is 17.4. The van der Waals surface area contributed by atoms with Crippen molar-refractivity contribution >= 4 is 47.4 Å². The number of phenols is 1. The van der Waals surface area contributed by atoms with Crippen LogP contribution in [0.25, 0.3) is 0 Å². The van der Waals surface area contributed by atoms with Gasteiger partial charge in [0.25, 0.3) is 0 Å². The predicted molar refractivity (Wildman–Crippen MR) is 172 cm³/mol. The van der Waals surface area contributed by atoms with E-state index >= 15 is 0 Å². The van der Waals surface area contributed by atoms with Crippen LogP contribution >= 0.6 is 0 Å². The number of amides is 6. The van der Waals surface area contributed by atoms with Gasteiger partial charge in [0, 0.05) is 13.0 Å². The number of hydrogen-bond acceptors (Lipinski definition) is 10. The fraction of sp³-hybridized carbons (Fsp3) is 0.562. The Balaban J connectivity index is 2.11. The van der Waals surface area contributed by atoms with Gasteiger partial charge >= 0.3 is 11.9 Å². The molecule has 9 N–H and O–H groups in total. The van der Waals surface area contributed by atoms with E-state index < -0.39 is 103 Å². The van der Waals surface area contributed by atoms with Crippen LogP contribution in [-0.2, 0) is 44.8 Å². The smallest absolute Gasteiger partial charge is 0.305 e. The summed E-state index contributed by atoms with van der Waals surface area (Å²) in [6.07, 6.45) is -3.18. The minimum atomic E-state index is -1.81. The minimum absolute atomic E-state index is 0.0429. The van der Waals surface area contributed by atoms with Crippen molar-refractivity contribution in [1.82, 2.24) is 31.5 Å². The van der Waals surface area contributed by atoms with Crippen LogP contribution in [0, 0.1) is 5.92 Å². The van der Waals surface area contributed by atoms with Crippen LogP contribution in [0.1, 0.15) is 58.4 Å². The van der Waals surface area contributed by atoms with Crippen LogP contribution in [0.3, 0.4) is 0 Å². The molecule has 1 aromatic rings. The third kappa shape index (κ3) is 10.9. The fourth-order valence-corrected chi connectivity index (χ4v) is 5.77. The fourth-order valence-electron chi connectivity index (χ4n) is 5.77. The highest BCUT2D eigenvalue weighted by atomic mass is 16.4. The molecule has 2 aliphatic rings. The van der Waals surface area contributed by atoms with Gasteiger partial charge in [0.05, 0.1) is 18.9 Å². The molecule has 6 amide bonds. The van der Waals surface area contributed by atoms with E-state index in [4.69, 9.17) is 0 Å². The van der Waals surface area contributed by atoms with Crippen LogP contribution in [0.15, 0.2) is 24.3 Å². The molecule has 274 valence electrons. The Kier molecular flexibility index (Phi) is 13.6. The lowest BCUT2D eigenvalue weighted by molar-refractivity contribution is -0.145. The minimum Gasteiger partial charge on any atom is -0.508 e. The molecule has 2 fully saturated rings. The van der Waals surface area contributed by atoms with Crippen LogP contribution in [-0.4, -0.2) is 122 Å².